The number of rotatable bonds is 4. The van der Waals surface area contributed by atoms with Gasteiger partial charge >= 0.3 is 0 Å². The van der Waals surface area contributed by atoms with Crippen LogP contribution < -0.4 is 0 Å². The Kier molecular flexibility index (Phi) is 3.25. The van der Waals surface area contributed by atoms with E-state index < -0.39 is 0 Å². The molecule has 2 heterocycles. The fourth-order valence-electron chi connectivity index (χ4n) is 2.41. The van der Waals surface area contributed by atoms with Gasteiger partial charge in [-0.05, 0) is 44.5 Å². The summed E-state index contributed by atoms with van der Waals surface area (Å²) in [5.41, 5.74) is 1.40. The first kappa shape index (κ1) is 9.78. The Bertz CT molecular complexity index is 247. The van der Waals surface area contributed by atoms with Crippen LogP contribution in [0, 0.1) is 0 Å². The highest BCUT2D eigenvalue weighted by Crippen LogP contribution is 2.27. The van der Waals surface area contributed by atoms with Crippen LogP contribution in [0.15, 0.2) is 18.3 Å². The van der Waals surface area contributed by atoms with E-state index in [2.05, 4.69) is 28.9 Å². The Morgan fingerprint density at radius 2 is 2.21 bits per heavy atom. The Morgan fingerprint density at radius 3 is 2.79 bits per heavy atom. The number of hydrogen-bond acceptors (Lipinski definition) is 1. The van der Waals surface area contributed by atoms with Crippen LogP contribution in [-0.2, 0) is 0 Å². The summed E-state index contributed by atoms with van der Waals surface area (Å²) in [6.45, 7) is 4.83. The first-order valence-corrected chi connectivity index (χ1v) is 5.79. The Hall–Kier alpha value is -0.760. The van der Waals surface area contributed by atoms with E-state index in [-0.39, 0.29) is 0 Å². The third-order valence-corrected chi connectivity index (χ3v) is 3.12. The van der Waals surface area contributed by atoms with Crippen LogP contribution in [0.2, 0.25) is 0 Å². The highest BCUT2D eigenvalue weighted by atomic mass is 15.2. The van der Waals surface area contributed by atoms with Crippen molar-refractivity contribution < 1.29 is 0 Å². The predicted molar refractivity (Wildman–Crippen MR) is 59.2 cm³/mol. The van der Waals surface area contributed by atoms with Crippen molar-refractivity contribution in [2.24, 2.45) is 0 Å². The molecule has 1 aromatic rings. The molecular formula is C12H20N2. The van der Waals surface area contributed by atoms with Gasteiger partial charge in [0, 0.05) is 17.9 Å². The number of nitrogens with one attached hydrogen (secondary N) is 1. The van der Waals surface area contributed by atoms with Crippen molar-refractivity contribution in [3.8, 4) is 0 Å². The maximum absolute atomic E-state index is 3.36. The predicted octanol–water partition coefficient (Wildman–Crippen LogP) is 2.95. The van der Waals surface area contributed by atoms with Gasteiger partial charge in [-0.2, -0.15) is 0 Å². The molecule has 0 saturated carbocycles. The van der Waals surface area contributed by atoms with Gasteiger partial charge in [0.05, 0.1) is 0 Å². The highest BCUT2D eigenvalue weighted by Gasteiger charge is 2.22. The second-order valence-corrected chi connectivity index (χ2v) is 4.17. The van der Waals surface area contributed by atoms with Gasteiger partial charge in [0.1, 0.15) is 0 Å². The molecule has 2 rings (SSSR count). The number of aromatic nitrogens is 1. The van der Waals surface area contributed by atoms with Gasteiger partial charge in [-0.15, -0.1) is 0 Å². The lowest BCUT2D eigenvalue weighted by atomic mass is 10.1. The van der Waals surface area contributed by atoms with Crippen molar-refractivity contribution in [3.05, 3.63) is 24.0 Å². The average Bonchev–Trinajstić information content (AvgIpc) is 2.87. The summed E-state index contributed by atoms with van der Waals surface area (Å²) in [7, 11) is 0. The summed E-state index contributed by atoms with van der Waals surface area (Å²) in [5.74, 6) is 0. The zero-order chi connectivity index (χ0) is 9.80. The summed E-state index contributed by atoms with van der Waals surface area (Å²) >= 11 is 0. The van der Waals surface area contributed by atoms with E-state index in [0.717, 1.165) is 0 Å². The lowest BCUT2D eigenvalue weighted by molar-refractivity contribution is 0.228. The molecule has 0 radical (unpaired) electrons. The second-order valence-electron chi connectivity index (χ2n) is 4.17. The van der Waals surface area contributed by atoms with Gasteiger partial charge in [0.2, 0.25) is 0 Å². The zero-order valence-electron chi connectivity index (χ0n) is 9.00. The van der Waals surface area contributed by atoms with Crippen molar-refractivity contribution in [1.82, 2.24) is 9.88 Å². The van der Waals surface area contributed by atoms with Crippen LogP contribution in [0.4, 0.5) is 0 Å². The molecule has 1 saturated heterocycles. The molecule has 2 nitrogen and oxygen atoms in total. The largest absolute Gasteiger partial charge is 0.364 e. The first-order chi connectivity index (χ1) is 6.92. The summed E-state index contributed by atoms with van der Waals surface area (Å²) in [6, 6.07) is 4.96. The van der Waals surface area contributed by atoms with E-state index in [1.165, 1.54) is 44.5 Å². The van der Waals surface area contributed by atoms with E-state index >= 15 is 0 Å². The van der Waals surface area contributed by atoms with Gasteiger partial charge in [-0.25, -0.2) is 0 Å². The molecule has 0 bridgehead atoms. The van der Waals surface area contributed by atoms with Gasteiger partial charge in [0.15, 0.2) is 0 Å². The van der Waals surface area contributed by atoms with Crippen LogP contribution >= 0.6 is 0 Å². The van der Waals surface area contributed by atoms with E-state index in [4.69, 9.17) is 0 Å². The standard InChI is InChI=1S/C12H20N2/c1-2-6-12(11-7-5-8-13-11)14-9-3-4-10-14/h5,7-8,12-13H,2-4,6,9-10H2,1H3. The molecule has 1 aliphatic heterocycles. The number of likely N-dealkylation sites (tertiary alicyclic amines) is 1. The van der Waals surface area contributed by atoms with E-state index in [1.54, 1.807) is 0 Å². The first-order valence-electron chi connectivity index (χ1n) is 5.79. The van der Waals surface area contributed by atoms with E-state index in [9.17, 15) is 0 Å². The summed E-state index contributed by atoms with van der Waals surface area (Å²) in [4.78, 5) is 5.98. The van der Waals surface area contributed by atoms with Crippen molar-refractivity contribution in [3.63, 3.8) is 0 Å². The smallest absolute Gasteiger partial charge is 0.0498 e. The minimum atomic E-state index is 0.637. The molecule has 1 atom stereocenters. The van der Waals surface area contributed by atoms with Gasteiger partial charge < -0.3 is 4.98 Å². The topological polar surface area (TPSA) is 19.0 Å². The maximum atomic E-state index is 3.36. The fourth-order valence-corrected chi connectivity index (χ4v) is 2.41. The summed E-state index contributed by atoms with van der Waals surface area (Å²) in [5, 5.41) is 0. The lowest BCUT2D eigenvalue weighted by Gasteiger charge is -2.26. The minimum Gasteiger partial charge on any atom is -0.364 e. The van der Waals surface area contributed by atoms with Crippen LogP contribution in [0.5, 0.6) is 0 Å². The van der Waals surface area contributed by atoms with E-state index in [1.807, 2.05) is 6.20 Å². The minimum absolute atomic E-state index is 0.637. The van der Waals surface area contributed by atoms with E-state index in [0.29, 0.717) is 6.04 Å². The molecule has 1 N–H and O–H groups in total. The molecule has 0 spiro atoms. The molecular weight excluding hydrogens is 172 g/mol. The summed E-state index contributed by atoms with van der Waals surface area (Å²) in [6.07, 6.45) is 7.33. The van der Waals surface area contributed by atoms with Gasteiger partial charge in [-0.3, -0.25) is 4.90 Å². The van der Waals surface area contributed by atoms with Crippen LogP contribution in [0.25, 0.3) is 0 Å². The van der Waals surface area contributed by atoms with Crippen LogP contribution in [0.1, 0.15) is 44.3 Å². The molecule has 2 heteroatoms. The molecule has 1 fully saturated rings. The van der Waals surface area contributed by atoms with Crippen LogP contribution in [-0.4, -0.2) is 23.0 Å². The van der Waals surface area contributed by atoms with Crippen molar-refractivity contribution >= 4 is 0 Å². The molecule has 78 valence electrons. The quantitative estimate of drug-likeness (QED) is 0.777. The SMILES string of the molecule is CCCC(c1ccc[nH]1)N1CCCC1. The molecule has 0 aliphatic carbocycles. The second kappa shape index (κ2) is 4.65. The van der Waals surface area contributed by atoms with Crippen molar-refractivity contribution in [1.29, 1.82) is 0 Å². The Morgan fingerprint density at radius 1 is 1.43 bits per heavy atom. The highest BCUT2D eigenvalue weighted by molar-refractivity contribution is 5.09. The third kappa shape index (κ3) is 2.01. The molecule has 0 aromatic carbocycles. The normalized spacial score (nSPS) is 20.1. The molecule has 1 aliphatic rings. The Labute approximate surface area is 86.3 Å². The monoisotopic (exact) mass is 192 g/mol. The number of aromatic amines is 1. The molecule has 14 heavy (non-hydrogen) atoms. The Balaban J connectivity index is 2.06. The fraction of sp³-hybridized carbons (Fsp3) is 0.667. The average molecular weight is 192 g/mol. The van der Waals surface area contributed by atoms with Crippen molar-refractivity contribution in [2.45, 2.75) is 38.6 Å². The number of nitrogens with zero attached hydrogens (tertiary/aromatic N) is 1. The number of hydrogen-bond donors (Lipinski definition) is 1. The maximum Gasteiger partial charge on any atom is 0.0498 e. The zero-order valence-corrected chi connectivity index (χ0v) is 9.00. The van der Waals surface area contributed by atoms with Crippen LogP contribution in [0.3, 0.4) is 0 Å². The lowest BCUT2D eigenvalue weighted by Crippen LogP contribution is -2.25. The number of H-pyrrole nitrogens is 1. The van der Waals surface area contributed by atoms with Gasteiger partial charge in [0.25, 0.3) is 0 Å². The summed E-state index contributed by atoms with van der Waals surface area (Å²) < 4.78 is 0. The molecule has 1 aromatic heterocycles. The van der Waals surface area contributed by atoms with Crippen molar-refractivity contribution in [2.75, 3.05) is 13.1 Å². The molecule has 1 unspecified atom stereocenters. The third-order valence-electron chi connectivity index (χ3n) is 3.12. The van der Waals surface area contributed by atoms with Gasteiger partial charge in [-0.1, -0.05) is 13.3 Å². The molecule has 0 amide bonds.